The molecule has 17 heavy (non-hydrogen) atoms. The zero-order valence-electron chi connectivity index (χ0n) is 10.6. The van der Waals surface area contributed by atoms with Crippen molar-refractivity contribution in [1.82, 2.24) is 0 Å². The van der Waals surface area contributed by atoms with Crippen molar-refractivity contribution in [2.75, 3.05) is 13.2 Å². The van der Waals surface area contributed by atoms with Gasteiger partial charge in [0.2, 0.25) is 0 Å². The van der Waals surface area contributed by atoms with Crippen LogP contribution in [0.1, 0.15) is 36.9 Å². The van der Waals surface area contributed by atoms with Crippen molar-refractivity contribution < 1.29 is 9.47 Å². The molecule has 0 aliphatic carbocycles. The molecule has 3 nitrogen and oxygen atoms in total. The topological polar surface area (TPSA) is 44.5 Å². The molecule has 0 bridgehead atoms. The predicted molar refractivity (Wildman–Crippen MR) is 68.3 cm³/mol. The Kier molecular flexibility index (Phi) is 4.02. The predicted octanol–water partition coefficient (Wildman–Crippen LogP) is 2.57. The van der Waals surface area contributed by atoms with Gasteiger partial charge >= 0.3 is 0 Å². The Morgan fingerprint density at radius 1 is 1.47 bits per heavy atom. The van der Waals surface area contributed by atoms with Gasteiger partial charge in [-0.25, -0.2) is 0 Å². The second kappa shape index (κ2) is 5.52. The van der Waals surface area contributed by atoms with Crippen LogP contribution in [-0.4, -0.2) is 19.3 Å². The third kappa shape index (κ3) is 3.20. The Bertz CT molecular complexity index is 370. The van der Waals surface area contributed by atoms with E-state index in [1.54, 1.807) is 0 Å². The molecule has 1 saturated heterocycles. The molecule has 1 aromatic carbocycles. The maximum atomic E-state index is 6.02. The molecule has 0 radical (unpaired) electrons. The van der Waals surface area contributed by atoms with Gasteiger partial charge < -0.3 is 15.2 Å². The summed E-state index contributed by atoms with van der Waals surface area (Å²) in [7, 11) is 0. The van der Waals surface area contributed by atoms with Crippen molar-refractivity contribution in [2.45, 2.75) is 38.8 Å². The summed E-state index contributed by atoms with van der Waals surface area (Å²) in [5.74, 6) is 0.913. The number of nitrogens with two attached hydrogens (primary N) is 1. The number of rotatable bonds is 3. The van der Waals surface area contributed by atoms with Gasteiger partial charge in [0.05, 0.1) is 6.61 Å². The van der Waals surface area contributed by atoms with E-state index in [1.165, 1.54) is 5.56 Å². The molecule has 1 aromatic rings. The summed E-state index contributed by atoms with van der Waals surface area (Å²) in [4.78, 5) is 0. The first-order valence-electron chi connectivity index (χ1n) is 6.27. The lowest BCUT2D eigenvalue weighted by molar-refractivity contribution is 0.00691. The quantitative estimate of drug-likeness (QED) is 0.875. The molecule has 1 aliphatic rings. The monoisotopic (exact) mass is 235 g/mol. The number of hydrogen-bond acceptors (Lipinski definition) is 3. The van der Waals surface area contributed by atoms with Crippen molar-refractivity contribution in [3.05, 3.63) is 29.3 Å². The van der Waals surface area contributed by atoms with Gasteiger partial charge in [-0.15, -0.1) is 0 Å². The van der Waals surface area contributed by atoms with Crippen molar-refractivity contribution in [2.24, 2.45) is 5.73 Å². The fourth-order valence-corrected chi connectivity index (χ4v) is 2.10. The highest BCUT2D eigenvalue weighted by molar-refractivity contribution is 5.39. The number of aryl methyl sites for hydroxylation is 1. The Balaban J connectivity index is 2.14. The maximum Gasteiger partial charge on any atom is 0.124 e. The van der Waals surface area contributed by atoms with Gasteiger partial charge in [0, 0.05) is 18.2 Å². The van der Waals surface area contributed by atoms with E-state index in [-0.39, 0.29) is 12.1 Å². The molecule has 3 heteroatoms. The van der Waals surface area contributed by atoms with E-state index < -0.39 is 0 Å². The average molecular weight is 235 g/mol. The summed E-state index contributed by atoms with van der Waals surface area (Å²) in [6.07, 6.45) is 2.30. The van der Waals surface area contributed by atoms with Crippen LogP contribution in [0.5, 0.6) is 5.75 Å². The van der Waals surface area contributed by atoms with E-state index in [0.29, 0.717) is 6.61 Å². The van der Waals surface area contributed by atoms with Crippen LogP contribution in [0, 0.1) is 6.92 Å². The van der Waals surface area contributed by atoms with Gasteiger partial charge in [-0.05, 0) is 38.3 Å². The SMILES string of the molecule is Cc1ccc(C(C)N)c(OC2CCCOC2)c1. The normalized spacial score (nSPS) is 22.2. The summed E-state index contributed by atoms with van der Waals surface area (Å²) >= 11 is 0. The third-order valence-corrected chi connectivity index (χ3v) is 3.07. The van der Waals surface area contributed by atoms with Gasteiger partial charge in [0.25, 0.3) is 0 Å². The molecule has 0 saturated carbocycles. The highest BCUT2D eigenvalue weighted by atomic mass is 16.5. The Labute approximate surface area is 103 Å². The summed E-state index contributed by atoms with van der Waals surface area (Å²) in [6, 6.07) is 6.19. The Morgan fingerprint density at radius 2 is 2.29 bits per heavy atom. The molecule has 2 N–H and O–H groups in total. The summed E-state index contributed by atoms with van der Waals surface area (Å²) in [5, 5.41) is 0. The van der Waals surface area contributed by atoms with Gasteiger partial charge in [0.15, 0.2) is 0 Å². The van der Waals surface area contributed by atoms with Crippen LogP contribution in [0.3, 0.4) is 0 Å². The zero-order chi connectivity index (χ0) is 12.3. The minimum absolute atomic E-state index is 0.00453. The molecule has 2 rings (SSSR count). The highest BCUT2D eigenvalue weighted by Gasteiger charge is 2.17. The minimum atomic E-state index is -0.00453. The van der Waals surface area contributed by atoms with E-state index in [2.05, 4.69) is 25.1 Å². The van der Waals surface area contributed by atoms with Crippen molar-refractivity contribution in [1.29, 1.82) is 0 Å². The molecule has 0 spiro atoms. The van der Waals surface area contributed by atoms with E-state index >= 15 is 0 Å². The minimum Gasteiger partial charge on any atom is -0.488 e. The van der Waals surface area contributed by atoms with Gasteiger partial charge in [-0.2, -0.15) is 0 Å². The van der Waals surface area contributed by atoms with Crippen LogP contribution >= 0.6 is 0 Å². The lowest BCUT2D eigenvalue weighted by Gasteiger charge is -2.25. The summed E-state index contributed by atoms with van der Waals surface area (Å²) < 4.78 is 11.5. The van der Waals surface area contributed by atoms with E-state index in [4.69, 9.17) is 15.2 Å². The van der Waals surface area contributed by atoms with E-state index in [9.17, 15) is 0 Å². The van der Waals surface area contributed by atoms with Crippen LogP contribution in [0.4, 0.5) is 0 Å². The van der Waals surface area contributed by atoms with Crippen LogP contribution in [0.15, 0.2) is 18.2 Å². The number of hydrogen-bond donors (Lipinski definition) is 1. The summed E-state index contributed by atoms with van der Waals surface area (Å²) in [6.45, 7) is 5.59. The summed E-state index contributed by atoms with van der Waals surface area (Å²) in [5.41, 5.74) is 8.22. The molecule has 1 heterocycles. The molecule has 2 unspecified atom stereocenters. The molecule has 0 aromatic heterocycles. The van der Waals surface area contributed by atoms with Crippen LogP contribution in [0.25, 0.3) is 0 Å². The molecule has 1 fully saturated rings. The molecule has 94 valence electrons. The Morgan fingerprint density at radius 3 is 2.94 bits per heavy atom. The van der Waals surface area contributed by atoms with Crippen molar-refractivity contribution in [3.8, 4) is 5.75 Å². The maximum absolute atomic E-state index is 6.02. The Hall–Kier alpha value is -1.06. The average Bonchev–Trinajstić information content (AvgIpc) is 2.30. The second-order valence-corrected chi connectivity index (χ2v) is 4.79. The molecule has 2 atom stereocenters. The first kappa shape index (κ1) is 12.4. The highest BCUT2D eigenvalue weighted by Crippen LogP contribution is 2.27. The van der Waals surface area contributed by atoms with E-state index in [0.717, 1.165) is 30.8 Å². The molecule has 1 aliphatic heterocycles. The number of ether oxygens (including phenoxy) is 2. The van der Waals surface area contributed by atoms with E-state index in [1.807, 2.05) is 6.92 Å². The fourth-order valence-electron chi connectivity index (χ4n) is 2.10. The zero-order valence-corrected chi connectivity index (χ0v) is 10.6. The van der Waals surface area contributed by atoms with Crippen LogP contribution < -0.4 is 10.5 Å². The van der Waals surface area contributed by atoms with Gasteiger partial charge in [-0.1, -0.05) is 12.1 Å². The molecule has 0 amide bonds. The third-order valence-electron chi connectivity index (χ3n) is 3.07. The second-order valence-electron chi connectivity index (χ2n) is 4.79. The molecular formula is C14H21NO2. The van der Waals surface area contributed by atoms with Crippen molar-refractivity contribution >= 4 is 0 Å². The van der Waals surface area contributed by atoms with Gasteiger partial charge in [0.1, 0.15) is 11.9 Å². The van der Waals surface area contributed by atoms with Crippen molar-refractivity contribution in [3.63, 3.8) is 0 Å². The van der Waals surface area contributed by atoms with Crippen LogP contribution in [-0.2, 0) is 4.74 Å². The first-order chi connectivity index (χ1) is 8.16. The first-order valence-corrected chi connectivity index (χ1v) is 6.27. The number of benzene rings is 1. The van der Waals surface area contributed by atoms with Gasteiger partial charge in [-0.3, -0.25) is 0 Å². The van der Waals surface area contributed by atoms with Crippen LogP contribution in [0.2, 0.25) is 0 Å². The lowest BCUT2D eigenvalue weighted by Crippen LogP contribution is -2.28. The fraction of sp³-hybridized carbons (Fsp3) is 0.571. The molecular weight excluding hydrogens is 214 g/mol. The standard InChI is InChI=1S/C14H21NO2/c1-10-5-6-13(11(2)15)14(8-10)17-12-4-3-7-16-9-12/h5-6,8,11-12H,3-4,7,9,15H2,1-2H3. The lowest BCUT2D eigenvalue weighted by atomic mass is 10.1. The largest absolute Gasteiger partial charge is 0.488 e. The smallest absolute Gasteiger partial charge is 0.124 e.